The summed E-state index contributed by atoms with van der Waals surface area (Å²) in [4.78, 5) is 12.0. The molecule has 1 aromatic carbocycles. The minimum Gasteiger partial charge on any atom is -0.496 e. The molecule has 1 aromatic rings. The topological polar surface area (TPSA) is 59.6 Å². The summed E-state index contributed by atoms with van der Waals surface area (Å²) in [6, 6.07) is 5.66. The molecule has 0 aliphatic carbocycles. The molecule has 104 valence electrons. The summed E-state index contributed by atoms with van der Waals surface area (Å²) in [5, 5.41) is 6.04. The molecule has 1 fully saturated rings. The van der Waals surface area contributed by atoms with E-state index < -0.39 is 0 Å². The largest absolute Gasteiger partial charge is 0.496 e. The lowest BCUT2D eigenvalue weighted by atomic mass is 10.1. The van der Waals surface area contributed by atoms with Gasteiger partial charge in [-0.25, -0.2) is 0 Å². The van der Waals surface area contributed by atoms with E-state index in [1.54, 1.807) is 7.11 Å². The number of ether oxygens (including phenoxy) is 2. The van der Waals surface area contributed by atoms with Gasteiger partial charge in [-0.3, -0.25) is 4.79 Å². The second kappa shape index (κ2) is 6.54. The molecule has 1 unspecified atom stereocenters. The third-order valence-corrected chi connectivity index (χ3v) is 3.13. The molecule has 19 heavy (non-hydrogen) atoms. The van der Waals surface area contributed by atoms with E-state index in [0.29, 0.717) is 26.3 Å². The fourth-order valence-electron chi connectivity index (χ4n) is 2.08. The standard InChI is InChI=1S/C14H20N2O3/c1-10-3-4-13(18-2)11(7-10)8-16-14(17)12-9-19-6-5-15-12/h3-4,7,12,15H,5-6,8-9H2,1-2H3,(H,16,17). The maximum absolute atomic E-state index is 12.0. The van der Waals surface area contributed by atoms with Crippen LogP contribution >= 0.6 is 0 Å². The van der Waals surface area contributed by atoms with E-state index in [1.807, 2.05) is 25.1 Å². The zero-order chi connectivity index (χ0) is 13.7. The highest BCUT2D eigenvalue weighted by Crippen LogP contribution is 2.19. The zero-order valence-electron chi connectivity index (χ0n) is 11.4. The molecule has 1 atom stereocenters. The molecular formula is C14H20N2O3. The number of hydrogen-bond donors (Lipinski definition) is 2. The SMILES string of the molecule is COc1ccc(C)cc1CNC(=O)C1COCCN1. The summed E-state index contributed by atoms with van der Waals surface area (Å²) in [6.45, 7) is 4.28. The highest BCUT2D eigenvalue weighted by molar-refractivity contribution is 5.82. The second-order valence-electron chi connectivity index (χ2n) is 4.61. The van der Waals surface area contributed by atoms with Crippen molar-refractivity contribution in [3.63, 3.8) is 0 Å². The number of benzene rings is 1. The molecule has 0 aromatic heterocycles. The number of nitrogens with one attached hydrogen (secondary N) is 2. The fraction of sp³-hybridized carbons (Fsp3) is 0.500. The van der Waals surface area contributed by atoms with E-state index in [-0.39, 0.29) is 11.9 Å². The normalized spacial score (nSPS) is 18.9. The van der Waals surface area contributed by atoms with Crippen molar-refractivity contribution in [1.82, 2.24) is 10.6 Å². The second-order valence-corrected chi connectivity index (χ2v) is 4.61. The Morgan fingerprint density at radius 2 is 2.42 bits per heavy atom. The van der Waals surface area contributed by atoms with Gasteiger partial charge in [-0.15, -0.1) is 0 Å². The van der Waals surface area contributed by atoms with Crippen molar-refractivity contribution in [1.29, 1.82) is 0 Å². The summed E-state index contributed by atoms with van der Waals surface area (Å²) < 4.78 is 10.6. The van der Waals surface area contributed by atoms with E-state index >= 15 is 0 Å². The van der Waals surface area contributed by atoms with E-state index in [0.717, 1.165) is 16.9 Å². The van der Waals surface area contributed by atoms with Gasteiger partial charge < -0.3 is 20.1 Å². The zero-order valence-corrected chi connectivity index (χ0v) is 11.4. The van der Waals surface area contributed by atoms with Gasteiger partial charge in [0.25, 0.3) is 0 Å². The van der Waals surface area contributed by atoms with E-state index in [2.05, 4.69) is 10.6 Å². The van der Waals surface area contributed by atoms with Crippen molar-refractivity contribution in [2.75, 3.05) is 26.9 Å². The first-order valence-corrected chi connectivity index (χ1v) is 6.43. The Bertz CT molecular complexity index is 442. The van der Waals surface area contributed by atoms with Gasteiger partial charge >= 0.3 is 0 Å². The Labute approximate surface area is 113 Å². The molecule has 1 aliphatic rings. The molecule has 5 nitrogen and oxygen atoms in total. The Morgan fingerprint density at radius 1 is 1.58 bits per heavy atom. The predicted octanol–water partition coefficient (Wildman–Crippen LogP) is 0.608. The smallest absolute Gasteiger partial charge is 0.239 e. The first-order valence-electron chi connectivity index (χ1n) is 6.43. The van der Waals surface area contributed by atoms with Gasteiger partial charge in [0, 0.05) is 18.7 Å². The van der Waals surface area contributed by atoms with Crippen molar-refractivity contribution in [3.05, 3.63) is 29.3 Å². The lowest BCUT2D eigenvalue weighted by molar-refractivity contribution is -0.126. The Kier molecular flexibility index (Phi) is 4.76. The first kappa shape index (κ1) is 13.8. The fourth-order valence-corrected chi connectivity index (χ4v) is 2.08. The van der Waals surface area contributed by atoms with Crippen molar-refractivity contribution >= 4 is 5.91 Å². The number of rotatable bonds is 4. The van der Waals surface area contributed by atoms with Gasteiger partial charge in [0.2, 0.25) is 5.91 Å². The third-order valence-electron chi connectivity index (χ3n) is 3.13. The van der Waals surface area contributed by atoms with Crippen LogP contribution in [0.25, 0.3) is 0 Å². The number of morpholine rings is 1. The summed E-state index contributed by atoms with van der Waals surface area (Å²) in [6.07, 6.45) is 0. The lowest BCUT2D eigenvalue weighted by Gasteiger charge is -2.23. The number of amides is 1. The minimum absolute atomic E-state index is 0.0386. The Balaban J connectivity index is 1.94. The summed E-state index contributed by atoms with van der Waals surface area (Å²) in [5.41, 5.74) is 2.12. The molecular weight excluding hydrogens is 244 g/mol. The van der Waals surface area contributed by atoms with Crippen LogP contribution in [0.5, 0.6) is 5.75 Å². The number of carbonyl (C=O) groups is 1. The highest BCUT2D eigenvalue weighted by atomic mass is 16.5. The van der Waals surface area contributed by atoms with E-state index in [9.17, 15) is 4.79 Å². The van der Waals surface area contributed by atoms with Gasteiger partial charge in [0.1, 0.15) is 11.8 Å². The van der Waals surface area contributed by atoms with Gasteiger partial charge in [0.05, 0.1) is 20.3 Å². The maximum Gasteiger partial charge on any atom is 0.239 e. The number of carbonyl (C=O) groups excluding carboxylic acids is 1. The molecule has 1 aliphatic heterocycles. The quantitative estimate of drug-likeness (QED) is 0.836. The number of methoxy groups -OCH3 is 1. The molecule has 1 saturated heterocycles. The van der Waals surface area contributed by atoms with Gasteiger partial charge in [-0.05, 0) is 13.0 Å². The Morgan fingerprint density at radius 3 is 3.11 bits per heavy atom. The number of hydrogen-bond acceptors (Lipinski definition) is 4. The van der Waals surface area contributed by atoms with E-state index in [4.69, 9.17) is 9.47 Å². The van der Waals surface area contributed by atoms with Crippen molar-refractivity contribution in [2.24, 2.45) is 0 Å². The van der Waals surface area contributed by atoms with Gasteiger partial charge in [-0.1, -0.05) is 17.7 Å². The molecule has 2 N–H and O–H groups in total. The van der Waals surface area contributed by atoms with Crippen LogP contribution in [0.3, 0.4) is 0 Å². The molecule has 2 rings (SSSR count). The van der Waals surface area contributed by atoms with Crippen LogP contribution in [0.15, 0.2) is 18.2 Å². The van der Waals surface area contributed by atoms with Crippen molar-refractivity contribution < 1.29 is 14.3 Å². The maximum atomic E-state index is 12.0. The average molecular weight is 264 g/mol. The molecule has 0 spiro atoms. The van der Waals surface area contributed by atoms with Crippen molar-refractivity contribution in [3.8, 4) is 5.75 Å². The monoisotopic (exact) mass is 264 g/mol. The van der Waals surface area contributed by atoms with Crippen LogP contribution < -0.4 is 15.4 Å². The van der Waals surface area contributed by atoms with Gasteiger partial charge in [-0.2, -0.15) is 0 Å². The van der Waals surface area contributed by atoms with Crippen LogP contribution in [-0.4, -0.2) is 38.8 Å². The highest BCUT2D eigenvalue weighted by Gasteiger charge is 2.20. The molecule has 0 bridgehead atoms. The minimum atomic E-state index is -0.260. The summed E-state index contributed by atoms with van der Waals surface area (Å²) in [7, 11) is 1.63. The molecule has 0 saturated carbocycles. The van der Waals surface area contributed by atoms with Crippen LogP contribution in [0.1, 0.15) is 11.1 Å². The van der Waals surface area contributed by atoms with Crippen LogP contribution in [0.4, 0.5) is 0 Å². The first-order chi connectivity index (χ1) is 9.20. The van der Waals surface area contributed by atoms with Crippen LogP contribution in [-0.2, 0) is 16.1 Å². The number of aryl methyl sites for hydroxylation is 1. The molecule has 5 heteroatoms. The van der Waals surface area contributed by atoms with Crippen LogP contribution in [0.2, 0.25) is 0 Å². The summed E-state index contributed by atoms with van der Waals surface area (Å²) >= 11 is 0. The molecule has 0 radical (unpaired) electrons. The van der Waals surface area contributed by atoms with Crippen molar-refractivity contribution in [2.45, 2.75) is 19.5 Å². The summed E-state index contributed by atoms with van der Waals surface area (Å²) in [5.74, 6) is 0.752. The van der Waals surface area contributed by atoms with Gasteiger partial charge in [0.15, 0.2) is 0 Å². The average Bonchev–Trinajstić information content (AvgIpc) is 2.46. The van der Waals surface area contributed by atoms with Crippen LogP contribution in [0, 0.1) is 6.92 Å². The Hall–Kier alpha value is -1.59. The molecule has 1 heterocycles. The lowest BCUT2D eigenvalue weighted by Crippen LogP contribution is -2.51. The predicted molar refractivity (Wildman–Crippen MR) is 72.2 cm³/mol. The molecule has 1 amide bonds. The third kappa shape index (κ3) is 3.68. The van der Waals surface area contributed by atoms with E-state index in [1.165, 1.54) is 0 Å².